The van der Waals surface area contributed by atoms with Gasteiger partial charge in [0.2, 0.25) is 11.5 Å². The van der Waals surface area contributed by atoms with Crippen LogP contribution in [0.4, 0.5) is 5.13 Å². The Hall–Kier alpha value is -5.26. The number of oxime groups is 1. The van der Waals surface area contributed by atoms with Crippen molar-refractivity contribution in [3.05, 3.63) is 48.3 Å². The second kappa shape index (κ2) is 14.7. The number of carboxylic acid groups (broad SMARTS) is 1. The van der Waals surface area contributed by atoms with Crippen molar-refractivity contribution in [2.75, 3.05) is 25.4 Å². The first-order valence-electron chi connectivity index (χ1n) is 14.2. The minimum absolute atomic E-state index is 0.0742. The van der Waals surface area contributed by atoms with E-state index in [4.69, 9.17) is 21.0 Å². The maximum atomic E-state index is 13.3. The minimum Gasteiger partial charge on any atom is -0.489 e. The summed E-state index contributed by atoms with van der Waals surface area (Å²) in [6.07, 6.45) is 2.41. The zero-order chi connectivity index (χ0) is 34.4. The first kappa shape index (κ1) is 34.1. The number of aromatic nitrogens is 5. The number of anilines is 1. The Morgan fingerprint density at radius 3 is 2.56 bits per heavy atom. The molecule has 2 saturated heterocycles. The van der Waals surface area contributed by atoms with Crippen LogP contribution in [0.25, 0.3) is 0 Å². The van der Waals surface area contributed by atoms with Crippen molar-refractivity contribution >= 4 is 56.3 Å². The van der Waals surface area contributed by atoms with Crippen LogP contribution in [0.1, 0.15) is 24.2 Å². The van der Waals surface area contributed by atoms with E-state index >= 15 is 0 Å². The fourth-order valence-corrected chi connectivity index (χ4v) is 6.05. The van der Waals surface area contributed by atoms with Gasteiger partial charge < -0.3 is 36.8 Å². The average molecular weight is 707 g/mol. The van der Waals surface area contributed by atoms with E-state index in [1.807, 2.05) is 0 Å². The molecule has 2 aromatic heterocycles. The lowest BCUT2D eigenvalue weighted by Gasteiger charge is -2.43. The molecule has 0 spiro atoms. The van der Waals surface area contributed by atoms with E-state index < -0.39 is 58.6 Å². The van der Waals surface area contributed by atoms with Crippen molar-refractivity contribution in [1.29, 1.82) is 0 Å². The quantitative estimate of drug-likeness (QED) is 0.0335. The monoisotopic (exact) mass is 706 g/mol. The van der Waals surface area contributed by atoms with Crippen LogP contribution in [0, 0.1) is 0 Å². The largest absolute Gasteiger partial charge is 0.489 e. The van der Waals surface area contributed by atoms with E-state index in [1.54, 1.807) is 24.3 Å². The van der Waals surface area contributed by atoms with Crippen LogP contribution in [0.3, 0.4) is 0 Å². The number of carbonyl (C=O) groups is 3. The number of aliphatic imine (C=N–C) groups is 1. The predicted molar refractivity (Wildman–Crippen MR) is 166 cm³/mol. The summed E-state index contributed by atoms with van der Waals surface area (Å²) >= 11 is 0.690. The summed E-state index contributed by atoms with van der Waals surface area (Å²) in [6, 6.07) is 3.81. The summed E-state index contributed by atoms with van der Waals surface area (Å²) in [4.78, 5) is 55.3. The zero-order valence-corrected chi connectivity index (χ0v) is 26.5. The summed E-state index contributed by atoms with van der Waals surface area (Å²) in [5, 5.41) is 22.7. The molecule has 0 bridgehead atoms. The zero-order valence-electron chi connectivity index (χ0n) is 24.8. The molecule has 2 aliphatic heterocycles. The Balaban J connectivity index is 1.27. The average Bonchev–Trinajstić information content (AvgIpc) is 3.73. The number of carboxylic acids is 1. The lowest BCUT2D eigenvalue weighted by Crippen LogP contribution is -2.73. The topological polar surface area (TPSA) is 305 Å². The number of amides is 2. The van der Waals surface area contributed by atoms with E-state index in [1.165, 1.54) is 11.0 Å². The Bertz CT molecular complexity index is 1790. The molecule has 0 radical (unpaired) electrons. The van der Waals surface area contributed by atoms with E-state index in [2.05, 4.69) is 40.2 Å². The fraction of sp³-hybridized carbons (Fsp3) is 0.400. The van der Waals surface area contributed by atoms with Gasteiger partial charge in [-0.3, -0.25) is 23.8 Å². The first-order valence-corrected chi connectivity index (χ1v) is 16.3. The molecule has 256 valence electrons. The second-order valence-electron chi connectivity index (χ2n) is 10.4. The van der Waals surface area contributed by atoms with Crippen molar-refractivity contribution in [2.45, 2.75) is 43.6 Å². The number of ether oxygens (including phenoxy) is 1. The molecule has 3 atom stereocenters. The molecule has 8 N–H and O–H groups in total. The van der Waals surface area contributed by atoms with E-state index in [9.17, 15) is 32.5 Å². The third-order valence-corrected chi connectivity index (χ3v) is 8.63. The van der Waals surface area contributed by atoms with E-state index in [-0.39, 0.29) is 33.6 Å². The van der Waals surface area contributed by atoms with Crippen LogP contribution in [-0.2, 0) is 36.1 Å². The summed E-state index contributed by atoms with van der Waals surface area (Å²) < 4.78 is 44.0. The predicted octanol–water partition coefficient (Wildman–Crippen LogP) is -2.38. The van der Waals surface area contributed by atoms with E-state index in [0.717, 1.165) is 32.3 Å². The minimum atomic E-state index is -5.00. The number of piperidine rings is 1. The van der Waals surface area contributed by atoms with Crippen molar-refractivity contribution in [1.82, 2.24) is 39.1 Å². The number of β-lactam (4-membered cyclic amide) rings is 1. The van der Waals surface area contributed by atoms with Gasteiger partial charge in [-0.15, -0.1) is 0 Å². The van der Waals surface area contributed by atoms with Crippen LogP contribution in [0.15, 0.2) is 47.1 Å². The molecule has 3 aromatic rings. The van der Waals surface area contributed by atoms with Crippen molar-refractivity contribution < 1.29 is 42.0 Å². The van der Waals surface area contributed by atoms with Crippen LogP contribution in [-0.4, -0.2) is 120 Å². The molecule has 21 nitrogen and oxygen atoms in total. The smallest absolute Gasteiger partial charge is 0.362 e. The first-order chi connectivity index (χ1) is 22.9. The highest BCUT2D eigenvalue weighted by Crippen LogP contribution is 2.25. The van der Waals surface area contributed by atoms with Gasteiger partial charge in [-0.1, -0.05) is 5.16 Å². The van der Waals surface area contributed by atoms with Gasteiger partial charge in [-0.2, -0.15) is 22.9 Å². The van der Waals surface area contributed by atoms with Crippen molar-refractivity contribution in [3.63, 3.8) is 0 Å². The normalized spacial score (nSPS) is 19.8. The Kier molecular flexibility index (Phi) is 10.4. The summed E-state index contributed by atoms with van der Waals surface area (Å²) in [5.41, 5.74) is 11.8. The van der Waals surface area contributed by atoms with Gasteiger partial charge in [-0.25, -0.2) is 14.1 Å². The number of rotatable bonds is 14. The number of amidine groups is 1. The number of aliphatic carboxylic acids is 1. The molecule has 1 unspecified atom stereocenters. The second-order valence-corrected chi connectivity index (χ2v) is 12.5. The molecule has 0 saturated carbocycles. The van der Waals surface area contributed by atoms with Gasteiger partial charge in [0.1, 0.15) is 36.9 Å². The molecule has 2 aliphatic rings. The number of nitrogens with zero attached hydrogens (tertiary/aromatic N) is 8. The molecule has 2 amide bonds. The highest BCUT2D eigenvalue weighted by atomic mass is 32.2. The molecule has 2 fully saturated rings. The molecule has 23 heteroatoms. The lowest BCUT2D eigenvalue weighted by atomic mass is 9.98. The van der Waals surface area contributed by atoms with Gasteiger partial charge >= 0.3 is 16.3 Å². The number of hydrogen-bond donors (Lipinski definition) is 6. The molecule has 4 heterocycles. The standard InChI is InChI=1S/C25H30N12O9S2/c26-20(31-14-5-7-28-8-6-14)13-1-3-15(4-2-13)45-10-17(24(40)41)46-34-19(21-33-25(27)47-35-21)22(38)32-18-16(9-36-12-29-11-30-36)37(23(18)39)48(42,43)44/h1-4,11-12,14,16-18,28H,5-10H2,(H2,26,31)(H,32,38)(H,40,41)(H2,27,33,35)(H,42,43,44)/b34-19-/t16-,17?,18+/m1/s1. The molecular weight excluding hydrogens is 676 g/mol. The Morgan fingerprint density at radius 2 is 1.96 bits per heavy atom. The van der Waals surface area contributed by atoms with E-state index in [0.29, 0.717) is 22.9 Å². The Morgan fingerprint density at radius 1 is 1.23 bits per heavy atom. The fourth-order valence-electron chi connectivity index (χ4n) is 4.75. The summed E-state index contributed by atoms with van der Waals surface area (Å²) in [6.45, 7) is 0.904. The van der Waals surface area contributed by atoms with Gasteiger partial charge in [0.25, 0.3) is 17.9 Å². The van der Waals surface area contributed by atoms with Gasteiger partial charge in [0.05, 0.1) is 18.6 Å². The molecule has 48 heavy (non-hydrogen) atoms. The van der Waals surface area contributed by atoms with Crippen LogP contribution >= 0.6 is 11.5 Å². The van der Waals surface area contributed by atoms with Crippen molar-refractivity contribution in [3.8, 4) is 5.75 Å². The number of carbonyl (C=O) groups excluding carboxylic acids is 2. The van der Waals surface area contributed by atoms with Crippen LogP contribution < -0.4 is 26.8 Å². The third-order valence-electron chi connectivity index (χ3n) is 7.14. The number of hydrogen-bond acceptors (Lipinski definition) is 16. The lowest BCUT2D eigenvalue weighted by molar-refractivity contribution is -0.152. The maximum Gasteiger partial charge on any atom is 0.362 e. The summed E-state index contributed by atoms with van der Waals surface area (Å²) in [7, 11) is -5.00. The van der Waals surface area contributed by atoms with Gasteiger partial charge in [-0.05, 0) is 50.2 Å². The Labute approximate surface area is 276 Å². The highest BCUT2D eigenvalue weighted by Gasteiger charge is 2.54. The van der Waals surface area contributed by atoms with Gasteiger partial charge in [0.15, 0.2) is 5.13 Å². The number of nitrogens with two attached hydrogens (primary N) is 2. The van der Waals surface area contributed by atoms with Gasteiger partial charge in [0, 0.05) is 17.1 Å². The number of nitrogen functional groups attached to an aromatic ring is 1. The molecule has 0 aliphatic carbocycles. The van der Waals surface area contributed by atoms with Crippen molar-refractivity contribution in [2.24, 2.45) is 15.9 Å². The maximum absolute atomic E-state index is 13.3. The SMILES string of the molecule is NC(=NC1CCNCC1)c1ccc(OCC(O/N=C(\C(=O)N[C@@H]2C(=O)N(S(=O)(=O)O)[C@@H]2Cn2cncn2)c2nsc(N)n2)C(=O)O)cc1. The summed E-state index contributed by atoms with van der Waals surface area (Å²) in [5.74, 6) is -3.52. The highest BCUT2D eigenvalue weighted by molar-refractivity contribution is 7.84. The molecular formula is C25H30N12O9S2. The van der Waals surface area contributed by atoms with Crippen LogP contribution in [0.2, 0.25) is 0 Å². The third kappa shape index (κ3) is 8.17. The molecule has 5 rings (SSSR count). The number of nitrogens with one attached hydrogen (secondary N) is 2. The molecule has 1 aromatic carbocycles. The van der Waals surface area contributed by atoms with Crippen LogP contribution in [0.5, 0.6) is 5.75 Å². The number of benzene rings is 1.